The summed E-state index contributed by atoms with van der Waals surface area (Å²) in [5.41, 5.74) is 1.14. The van der Waals surface area contributed by atoms with Gasteiger partial charge in [0.05, 0.1) is 18.8 Å². The molecule has 3 amide bonds. The van der Waals surface area contributed by atoms with Gasteiger partial charge in [-0.15, -0.1) is 0 Å². The largest absolute Gasteiger partial charge is 0.453 e. The molecule has 0 saturated heterocycles. The van der Waals surface area contributed by atoms with Gasteiger partial charge in [-0.05, 0) is 55.2 Å². The third-order valence-electron chi connectivity index (χ3n) is 6.43. The highest BCUT2D eigenvalue weighted by atomic mass is 35.5. The van der Waals surface area contributed by atoms with Gasteiger partial charge in [0.1, 0.15) is 33.9 Å². The number of methoxy groups -OCH3 is 1. The van der Waals surface area contributed by atoms with Crippen molar-refractivity contribution in [1.29, 1.82) is 0 Å². The number of hydrogen-bond acceptors (Lipinski definition) is 5. The summed E-state index contributed by atoms with van der Waals surface area (Å²) in [6, 6.07) is 6.22. The van der Waals surface area contributed by atoms with Crippen LogP contribution in [0.15, 0.2) is 30.3 Å². The van der Waals surface area contributed by atoms with E-state index in [0.29, 0.717) is 41.8 Å². The van der Waals surface area contributed by atoms with Crippen LogP contribution in [0.3, 0.4) is 0 Å². The summed E-state index contributed by atoms with van der Waals surface area (Å²) in [7, 11) is 1.23. The van der Waals surface area contributed by atoms with Crippen LogP contribution in [0.4, 0.5) is 25.0 Å². The van der Waals surface area contributed by atoms with Crippen molar-refractivity contribution in [2.75, 3.05) is 17.7 Å². The Morgan fingerprint density at radius 1 is 1.15 bits per heavy atom. The van der Waals surface area contributed by atoms with Crippen molar-refractivity contribution in [3.63, 3.8) is 0 Å². The number of rotatable bonds is 3. The minimum atomic E-state index is -0.962. The average molecular weight is 560 g/mol. The smallest absolute Gasteiger partial charge is 0.411 e. The molecule has 2 aromatic carbocycles. The SMILES string of the molecule is COC(=O)Nc1ccc2c(c1)NC(=O)C[C@@H](C)CCC[C@H](NC(=O)c1c(F)cc(C)cc1F)c1nc-2c(Cl)[nH]1. The molecule has 2 heterocycles. The first-order chi connectivity index (χ1) is 18.5. The summed E-state index contributed by atoms with van der Waals surface area (Å²) in [6.07, 6.45) is 1.16. The summed E-state index contributed by atoms with van der Waals surface area (Å²) in [4.78, 5) is 45.1. The van der Waals surface area contributed by atoms with Crippen LogP contribution in [0, 0.1) is 24.5 Å². The predicted molar refractivity (Wildman–Crippen MR) is 143 cm³/mol. The molecule has 1 aliphatic rings. The van der Waals surface area contributed by atoms with Crippen LogP contribution in [0.1, 0.15) is 60.4 Å². The first-order valence-electron chi connectivity index (χ1n) is 12.4. The molecule has 0 radical (unpaired) electrons. The average Bonchev–Trinajstić information content (AvgIpc) is 3.23. The molecule has 2 atom stereocenters. The number of hydrogen-bond donors (Lipinski definition) is 4. The quantitative estimate of drug-likeness (QED) is 0.308. The second-order valence-corrected chi connectivity index (χ2v) is 9.96. The number of nitrogens with zero attached hydrogens (tertiary/aromatic N) is 1. The number of ether oxygens (including phenoxy) is 1. The molecular weight excluding hydrogens is 532 g/mol. The number of H-pyrrole nitrogens is 1. The van der Waals surface area contributed by atoms with E-state index in [1.807, 2.05) is 6.92 Å². The highest BCUT2D eigenvalue weighted by molar-refractivity contribution is 6.32. The summed E-state index contributed by atoms with van der Waals surface area (Å²) in [6.45, 7) is 3.46. The minimum Gasteiger partial charge on any atom is -0.453 e. The van der Waals surface area contributed by atoms with Gasteiger partial charge in [-0.25, -0.2) is 18.6 Å². The molecule has 1 aromatic heterocycles. The molecular formula is C27H28ClF2N5O4. The van der Waals surface area contributed by atoms with E-state index in [9.17, 15) is 23.2 Å². The van der Waals surface area contributed by atoms with Crippen LogP contribution in [0.25, 0.3) is 11.3 Å². The second-order valence-electron chi connectivity index (χ2n) is 9.58. The van der Waals surface area contributed by atoms with Gasteiger partial charge in [-0.1, -0.05) is 31.4 Å². The third-order valence-corrected chi connectivity index (χ3v) is 6.70. The molecule has 4 rings (SSSR count). The Morgan fingerprint density at radius 3 is 2.56 bits per heavy atom. The van der Waals surface area contributed by atoms with Gasteiger partial charge in [0.2, 0.25) is 5.91 Å². The standard InChI is InChI=1S/C27H28ClF2N5O4/c1-13-5-4-6-19(33-26(37)22-17(29)9-14(2)10-18(22)30)25-34-23(24(28)35-25)16-8-7-15(31-27(38)39-3)12-20(16)32-21(36)11-13/h7-10,12-13,19H,4-6,11H2,1-3H3,(H,31,38)(H,32,36)(H,33,37)(H,34,35)/t13-,19-/m0/s1. The van der Waals surface area contributed by atoms with Gasteiger partial charge in [-0.3, -0.25) is 14.9 Å². The summed E-state index contributed by atoms with van der Waals surface area (Å²) >= 11 is 6.52. The number of halogens is 3. The predicted octanol–water partition coefficient (Wildman–Crippen LogP) is 6.11. The van der Waals surface area contributed by atoms with Crippen molar-refractivity contribution in [3.05, 3.63) is 64.1 Å². The van der Waals surface area contributed by atoms with Gasteiger partial charge in [0.25, 0.3) is 5.91 Å². The molecule has 39 heavy (non-hydrogen) atoms. The number of aromatic nitrogens is 2. The third kappa shape index (κ3) is 6.54. The lowest BCUT2D eigenvalue weighted by Gasteiger charge is -2.18. The number of nitrogens with one attached hydrogen (secondary N) is 4. The maximum atomic E-state index is 14.5. The number of imidazole rings is 1. The van der Waals surface area contributed by atoms with Crippen LogP contribution < -0.4 is 16.0 Å². The van der Waals surface area contributed by atoms with E-state index >= 15 is 0 Å². The summed E-state index contributed by atoms with van der Waals surface area (Å²) < 4.78 is 33.7. The zero-order valence-corrected chi connectivity index (χ0v) is 22.3. The Morgan fingerprint density at radius 2 is 1.87 bits per heavy atom. The molecule has 0 aliphatic carbocycles. The van der Waals surface area contributed by atoms with E-state index < -0.39 is 35.2 Å². The van der Waals surface area contributed by atoms with Gasteiger partial charge in [-0.2, -0.15) is 0 Å². The van der Waals surface area contributed by atoms with Crippen LogP contribution in [-0.4, -0.2) is 35.0 Å². The van der Waals surface area contributed by atoms with E-state index in [2.05, 4.69) is 30.7 Å². The first kappa shape index (κ1) is 28.0. The number of amides is 3. The first-order valence-corrected chi connectivity index (χ1v) is 12.7. The van der Waals surface area contributed by atoms with E-state index in [1.54, 1.807) is 18.2 Å². The molecule has 9 nitrogen and oxygen atoms in total. The molecule has 4 N–H and O–H groups in total. The molecule has 3 aromatic rings. The van der Waals surface area contributed by atoms with Crippen molar-refractivity contribution < 1.29 is 27.9 Å². The Balaban J connectivity index is 1.73. The lowest BCUT2D eigenvalue weighted by Crippen LogP contribution is -2.31. The summed E-state index contributed by atoms with van der Waals surface area (Å²) in [5.74, 6) is -2.79. The fourth-order valence-corrected chi connectivity index (χ4v) is 4.77. The van der Waals surface area contributed by atoms with Gasteiger partial charge in [0.15, 0.2) is 0 Å². The number of aryl methyl sites for hydroxylation is 1. The molecule has 12 heteroatoms. The lowest BCUT2D eigenvalue weighted by molar-refractivity contribution is -0.117. The van der Waals surface area contributed by atoms with Crippen molar-refractivity contribution in [1.82, 2.24) is 15.3 Å². The van der Waals surface area contributed by atoms with Crippen LogP contribution in [0.2, 0.25) is 5.15 Å². The molecule has 0 unspecified atom stereocenters. The number of fused-ring (bicyclic) bond motifs is 4. The Kier molecular flexibility index (Phi) is 8.49. The van der Waals surface area contributed by atoms with Gasteiger partial charge < -0.3 is 20.4 Å². The van der Waals surface area contributed by atoms with Gasteiger partial charge >= 0.3 is 6.09 Å². The molecule has 1 aliphatic heterocycles. The van der Waals surface area contributed by atoms with Crippen molar-refractivity contribution >= 4 is 40.9 Å². The van der Waals surface area contributed by atoms with E-state index in [0.717, 1.165) is 12.1 Å². The summed E-state index contributed by atoms with van der Waals surface area (Å²) in [5, 5.41) is 8.25. The van der Waals surface area contributed by atoms with Crippen molar-refractivity contribution in [2.45, 2.75) is 45.6 Å². The fourth-order valence-electron chi connectivity index (χ4n) is 4.53. The maximum absolute atomic E-state index is 14.5. The molecule has 0 saturated carbocycles. The zero-order chi connectivity index (χ0) is 28.3. The Hall–Kier alpha value is -3.99. The van der Waals surface area contributed by atoms with Crippen LogP contribution in [-0.2, 0) is 9.53 Å². The van der Waals surface area contributed by atoms with Crippen LogP contribution in [0.5, 0.6) is 0 Å². The number of benzene rings is 2. The second kappa shape index (κ2) is 11.8. The zero-order valence-electron chi connectivity index (χ0n) is 21.6. The monoisotopic (exact) mass is 559 g/mol. The minimum absolute atomic E-state index is 0.00353. The Bertz CT molecular complexity index is 1400. The number of carbonyl (C=O) groups excluding carboxylic acids is 3. The Labute approximate surface area is 228 Å². The number of anilines is 2. The highest BCUT2D eigenvalue weighted by Gasteiger charge is 2.27. The van der Waals surface area contributed by atoms with E-state index in [-0.39, 0.29) is 34.9 Å². The van der Waals surface area contributed by atoms with Gasteiger partial charge in [0, 0.05) is 17.7 Å². The number of carbonyl (C=O) groups is 3. The van der Waals surface area contributed by atoms with Crippen molar-refractivity contribution in [2.24, 2.45) is 5.92 Å². The highest BCUT2D eigenvalue weighted by Crippen LogP contribution is 2.36. The fraction of sp³-hybridized carbons (Fsp3) is 0.333. The molecule has 2 bridgehead atoms. The van der Waals surface area contributed by atoms with E-state index in [1.165, 1.54) is 14.0 Å². The lowest BCUT2D eigenvalue weighted by atomic mass is 9.97. The topological polar surface area (TPSA) is 125 Å². The molecule has 0 fully saturated rings. The van der Waals surface area contributed by atoms with Crippen molar-refractivity contribution in [3.8, 4) is 11.3 Å². The molecule has 206 valence electrons. The van der Waals surface area contributed by atoms with Crippen LogP contribution >= 0.6 is 11.6 Å². The maximum Gasteiger partial charge on any atom is 0.411 e. The number of aromatic amines is 1. The normalized spacial score (nSPS) is 17.5. The van der Waals surface area contributed by atoms with E-state index in [4.69, 9.17) is 11.6 Å². The molecule has 0 spiro atoms.